The van der Waals surface area contributed by atoms with E-state index in [0.29, 0.717) is 15.9 Å². The predicted molar refractivity (Wildman–Crippen MR) is 67.7 cm³/mol. The minimum atomic E-state index is 0.399. The minimum Gasteiger partial charge on any atom is -0.265 e. The summed E-state index contributed by atoms with van der Waals surface area (Å²) in [6.07, 6.45) is 3.33. The Morgan fingerprint density at radius 2 is 1.75 bits per heavy atom. The molecule has 0 bridgehead atoms. The van der Waals surface area contributed by atoms with E-state index in [1.807, 2.05) is 18.2 Å². The molecule has 0 atom stereocenters. The molecular formula is C12H8Cl2N2. The highest BCUT2D eigenvalue weighted by Crippen LogP contribution is 2.25. The third-order valence-electron chi connectivity index (χ3n) is 1.99. The summed E-state index contributed by atoms with van der Waals surface area (Å²) in [5.41, 5.74) is 1.47. The second-order valence-electron chi connectivity index (χ2n) is 3.09. The zero-order chi connectivity index (χ0) is 11.4. The van der Waals surface area contributed by atoms with E-state index in [1.54, 1.807) is 30.6 Å². The van der Waals surface area contributed by atoms with Crippen LogP contribution in [0.2, 0.25) is 5.02 Å². The first-order chi connectivity index (χ1) is 7.77. The second kappa shape index (κ2) is 5.10. The van der Waals surface area contributed by atoms with Crippen LogP contribution < -0.4 is 0 Å². The zero-order valence-corrected chi connectivity index (χ0v) is 9.78. The Morgan fingerprint density at radius 3 is 2.44 bits per heavy atom. The molecule has 80 valence electrons. The van der Waals surface area contributed by atoms with Crippen LogP contribution in [0.4, 0.5) is 5.69 Å². The van der Waals surface area contributed by atoms with Gasteiger partial charge in [-0.2, -0.15) is 0 Å². The van der Waals surface area contributed by atoms with Gasteiger partial charge in [-0.15, -0.1) is 0 Å². The van der Waals surface area contributed by atoms with Gasteiger partial charge in [0.15, 0.2) is 0 Å². The van der Waals surface area contributed by atoms with E-state index in [-0.39, 0.29) is 0 Å². The van der Waals surface area contributed by atoms with Crippen LogP contribution in [0.25, 0.3) is 0 Å². The van der Waals surface area contributed by atoms with Crippen LogP contribution >= 0.6 is 23.2 Å². The summed E-state index contributed by atoms with van der Waals surface area (Å²) in [5, 5.41) is 0.977. The molecule has 0 saturated carbocycles. The van der Waals surface area contributed by atoms with E-state index in [4.69, 9.17) is 23.2 Å². The number of hydrogen-bond acceptors (Lipinski definition) is 2. The molecule has 1 aromatic heterocycles. The summed E-state index contributed by atoms with van der Waals surface area (Å²) >= 11 is 12.1. The fraction of sp³-hybridized carbons (Fsp3) is 0. The Bertz CT molecular complexity index is 509. The molecule has 2 aromatic rings. The molecule has 0 aliphatic carbocycles. The smallest absolute Gasteiger partial charge is 0.137 e. The van der Waals surface area contributed by atoms with Gasteiger partial charge in [-0.05, 0) is 24.3 Å². The first-order valence-electron chi connectivity index (χ1n) is 4.66. The lowest BCUT2D eigenvalue weighted by Gasteiger charge is -2.00. The molecule has 1 heterocycles. The quantitative estimate of drug-likeness (QED) is 0.739. The van der Waals surface area contributed by atoms with E-state index >= 15 is 0 Å². The van der Waals surface area contributed by atoms with Crippen molar-refractivity contribution in [1.29, 1.82) is 0 Å². The Morgan fingerprint density at radius 1 is 1.06 bits per heavy atom. The number of benzene rings is 1. The standard InChI is InChI=1S/C12H8Cl2N2/c13-10-3-1-2-4-11(10)16-12(14)9-5-7-15-8-6-9/h1-8H/b16-12+. The SMILES string of the molecule is Cl/C(=N/c1ccccc1Cl)c1ccncc1. The summed E-state index contributed by atoms with van der Waals surface area (Å²) in [6, 6.07) is 10.9. The summed E-state index contributed by atoms with van der Waals surface area (Å²) in [4.78, 5) is 8.16. The van der Waals surface area contributed by atoms with Crippen LogP contribution in [0.3, 0.4) is 0 Å². The van der Waals surface area contributed by atoms with Crippen molar-refractivity contribution < 1.29 is 0 Å². The molecule has 4 heteroatoms. The van der Waals surface area contributed by atoms with Crippen LogP contribution in [0.15, 0.2) is 53.8 Å². The van der Waals surface area contributed by atoms with Gasteiger partial charge < -0.3 is 0 Å². The number of aliphatic imine (C=N–C) groups is 1. The van der Waals surface area contributed by atoms with Crippen LogP contribution in [-0.4, -0.2) is 10.2 Å². The molecule has 0 aliphatic heterocycles. The number of rotatable bonds is 2. The fourth-order valence-electron chi connectivity index (χ4n) is 1.20. The van der Waals surface area contributed by atoms with Crippen molar-refractivity contribution in [3.8, 4) is 0 Å². The highest BCUT2D eigenvalue weighted by molar-refractivity contribution is 6.69. The predicted octanol–water partition coefficient (Wildman–Crippen LogP) is 4.05. The Labute approximate surface area is 104 Å². The third kappa shape index (κ3) is 2.60. The summed E-state index contributed by atoms with van der Waals surface area (Å²) < 4.78 is 0. The van der Waals surface area contributed by atoms with Crippen LogP contribution in [0.5, 0.6) is 0 Å². The number of hydrogen-bond donors (Lipinski definition) is 0. The van der Waals surface area contributed by atoms with E-state index in [2.05, 4.69) is 9.98 Å². The van der Waals surface area contributed by atoms with Crippen LogP contribution in [0, 0.1) is 0 Å². The maximum Gasteiger partial charge on any atom is 0.137 e. The zero-order valence-electron chi connectivity index (χ0n) is 8.27. The largest absolute Gasteiger partial charge is 0.265 e. The van der Waals surface area contributed by atoms with E-state index in [9.17, 15) is 0 Å². The molecular weight excluding hydrogens is 243 g/mol. The first-order valence-corrected chi connectivity index (χ1v) is 5.42. The van der Waals surface area contributed by atoms with Crippen molar-refractivity contribution in [1.82, 2.24) is 4.98 Å². The molecule has 2 rings (SSSR count). The van der Waals surface area contributed by atoms with Crippen molar-refractivity contribution in [3.05, 3.63) is 59.4 Å². The third-order valence-corrected chi connectivity index (χ3v) is 2.61. The lowest BCUT2D eigenvalue weighted by atomic mass is 10.3. The van der Waals surface area contributed by atoms with Gasteiger partial charge in [-0.1, -0.05) is 35.3 Å². The Balaban J connectivity index is 2.36. The van der Waals surface area contributed by atoms with Crippen molar-refractivity contribution >= 4 is 34.1 Å². The van der Waals surface area contributed by atoms with E-state index < -0.39 is 0 Å². The molecule has 0 unspecified atom stereocenters. The van der Waals surface area contributed by atoms with E-state index in [1.165, 1.54) is 0 Å². The number of para-hydroxylation sites is 1. The van der Waals surface area contributed by atoms with Crippen molar-refractivity contribution in [2.24, 2.45) is 4.99 Å². The maximum atomic E-state index is 6.08. The Hall–Kier alpha value is -1.38. The van der Waals surface area contributed by atoms with Gasteiger partial charge in [0.2, 0.25) is 0 Å². The highest BCUT2D eigenvalue weighted by atomic mass is 35.5. The molecule has 0 amide bonds. The highest BCUT2D eigenvalue weighted by Gasteiger charge is 2.01. The van der Waals surface area contributed by atoms with Crippen LogP contribution in [0.1, 0.15) is 5.56 Å². The number of aromatic nitrogens is 1. The van der Waals surface area contributed by atoms with Gasteiger partial charge in [0.1, 0.15) is 5.17 Å². The van der Waals surface area contributed by atoms with Crippen LogP contribution in [-0.2, 0) is 0 Å². The Kier molecular flexibility index (Phi) is 3.54. The summed E-state index contributed by atoms with van der Waals surface area (Å²) in [7, 11) is 0. The number of pyridine rings is 1. The second-order valence-corrected chi connectivity index (χ2v) is 3.86. The first kappa shape index (κ1) is 11.1. The van der Waals surface area contributed by atoms with E-state index in [0.717, 1.165) is 5.56 Å². The molecule has 0 aliphatic rings. The summed E-state index contributed by atoms with van der Waals surface area (Å²) in [6.45, 7) is 0. The number of halogens is 2. The van der Waals surface area contributed by atoms with Gasteiger partial charge in [0, 0.05) is 18.0 Å². The molecule has 0 N–H and O–H groups in total. The lowest BCUT2D eigenvalue weighted by Crippen LogP contribution is -1.90. The maximum absolute atomic E-state index is 6.08. The average Bonchev–Trinajstić information content (AvgIpc) is 2.33. The normalized spacial score (nSPS) is 11.5. The van der Waals surface area contributed by atoms with Crippen molar-refractivity contribution in [3.63, 3.8) is 0 Å². The molecule has 16 heavy (non-hydrogen) atoms. The molecule has 2 nitrogen and oxygen atoms in total. The lowest BCUT2D eigenvalue weighted by molar-refractivity contribution is 1.32. The molecule has 1 aromatic carbocycles. The van der Waals surface area contributed by atoms with Gasteiger partial charge in [0.05, 0.1) is 10.7 Å². The molecule has 0 fully saturated rings. The van der Waals surface area contributed by atoms with Crippen molar-refractivity contribution in [2.75, 3.05) is 0 Å². The van der Waals surface area contributed by atoms with Gasteiger partial charge >= 0.3 is 0 Å². The van der Waals surface area contributed by atoms with Gasteiger partial charge in [0.25, 0.3) is 0 Å². The summed E-state index contributed by atoms with van der Waals surface area (Å²) in [5.74, 6) is 0. The number of nitrogens with zero attached hydrogens (tertiary/aromatic N) is 2. The minimum absolute atomic E-state index is 0.399. The average molecular weight is 251 g/mol. The molecule has 0 radical (unpaired) electrons. The van der Waals surface area contributed by atoms with Crippen molar-refractivity contribution in [2.45, 2.75) is 0 Å². The van der Waals surface area contributed by atoms with Gasteiger partial charge in [-0.25, -0.2) is 4.99 Å². The molecule has 0 spiro atoms. The topological polar surface area (TPSA) is 25.2 Å². The molecule has 0 saturated heterocycles. The fourth-order valence-corrected chi connectivity index (χ4v) is 1.60. The monoisotopic (exact) mass is 250 g/mol. The van der Waals surface area contributed by atoms with Gasteiger partial charge in [-0.3, -0.25) is 4.98 Å².